The van der Waals surface area contributed by atoms with Crippen LogP contribution in [0.15, 0.2) is 16.5 Å². The molecule has 0 spiro atoms. The fourth-order valence-corrected chi connectivity index (χ4v) is 5.10. The Morgan fingerprint density at radius 3 is 2.71 bits per heavy atom. The van der Waals surface area contributed by atoms with E-state index in [-0.39, 0.29) is 12.1 Å². The van der Waals surface area contributed by atoms with Crippen LogP contribution in [-0.2, 0) is 14.9 Å². The highest BCUT2D eigenvalue weighted by Crippen LogP contribution is 2.36. The van der Waals surface area contributed by atoms with E-state index < -0.39 is 10.2 Å². The van der Waals surface area contributed by atoms with Gasteiger partial charge in [-0.05, 0) is 38.8 Å². The second kappa shape index (κ2) is 5.72. The first-order valence-corrected chi connectivity index (χ1v) is 8.82. The largest absolute Gasteiger partial charge is 0.465 e. The Morgan fingerprint density at radius 1 is 1.24 bits per heavy atom. The van der Waals surface area contributed by atoms with Crippen LogP contribution in [0.3, 0.4) is 0 Å². The van der Waals surface area contributed by atoms with Crippen molar-refractivity contribution in [3.05, 3.63) is 23.7 Å². The molecule has 2 atom stereocenters. The Kier molecular flexibility index (Phi) is 4.09. The summed E-state index contributed by atoms with van der Waals surface area (Å²) in [6, 6.07) is 3.47. The van der Waals surface area contributed by atoms with E-state index in [1.54, 1.807) is 8.61 Å². The Morgan fingerprint density at radius 2 is 2.05 bits per heavy atom. The number of rotatable bonds is 3. The minimum absolute atomic E-state index is 0.122. The molecule has 118 valence electrons. The second-order valence-electron chi connectivity index (χ2n) is 5.76. The van der Waals surface area contributed by atoms with Gasteiger partial charge in [-0.25, -0.2) is 0 Å². The van der Waals surface area contributed by atoms with Gasteiger partial charge in [0, 0.05) is 19.1 Å². The van der Waals surface area contributed by atoms with Gasteiger partial charge in [-0.2, -0.15) is 17.0 Å². The van der Waals surface area contributed by atoms with Crippen LogP contribution >= 0.6 is 0 Å². The lowest BCUT2D eigenvalue weighted by Crippen LogP contribution is -2.52. The van der Waals surface area contributed by atoms with E-state index in [0.29, 0.717) is 26.3 Å². The average Bonchev–Trinajstić information content (AvgIpc) is 3.07. The lowest BCUT2D eigenvalue weighted by Gasteiger charge is -2.36. The van der Waals surface area contributed by atoms with Gasteiger partial charge in [-0.15, -0.1) is 0 Å². The minimum Gasteiger partial charge on any atom is -0.465 e. The third-order valence-corrected chi connectivity index (χ3v) is 6.36. The molecule has 0 amide bonds. The van der Waals surface area contributed by atoms with Crippen molar-refractivity contribution >= 4 is 10.2 Å². The molecule has 6 nitrogen and oxygen atoms in total. The molecule has 0 saturated carbocycles. The smallest absolute Gasteiger partial charge is 0.283 e. The molecule has 0 aliphatic carbocycles. The molecule has 3 heterocycles. The van der Waals surface area contributed by atoms with Gasteiger partial charge in [-0.3, -0.25) is 0 Å². The normalized spacial score (nSPS) is 29.0. The predicted molar refractivity (Wildman–Crippen MR) is 78.0 cm³/mol. The van der Waals surface area contributed by atoms with Crippen molar-refractivity contribution in [2.45, 2.75) is 38.8 Å². The molecule has 2 aliphatic heterocycles. The highest BCUT2D eigenvalue weighted by atomic mass is 32.2. The summed E-state index contributed by atoms with van der Waals surface area (Å²) in [5, 5.41) is 0. The molecule has 7 heteroatoms. The van der Waals surface area contributed by atoms with Crippen LogP contribution in [0.2, 0.25) is 0 Å². The second-order valence-corrected chi connectivity index (χ2v) is 7.59. The lowest BCUT2D eigenvalue weighted by atomic mass is 10.2. The summed E-state index contributed by atoms with van der Waals surface area (Å²) in [5.74, 6) is 1.56. The fraction of sp³-hybridized carbons (Fsp3) is 0.714. The molecule has 0 radical (unpaired) electrons. The van der Waals surface area contributed by atoms with Crippen molar-refractivity contribution in [3.8, 4) is 0 Å². The fourth-order valence-electron chi connectivity index (χ4n) is 3.12. The summed E-state index contributed by atoms with van der Waals surface area (Å²) < 4.78 is 40.0. The van der Waals surface area contributed by atoms with Crippen molar-refractivity contribution in [1.29, 1.82) is 0 Å². The first-order chi connectivity index (χ1) is 10.00. The Hall–Kier alpha value is -0.890. The minimum atomic E-state index is -3.47. The number of hydrogen-bond acceptors (Lipinski definition) is 4. The number of furan rings is 1. The van der Waals surface area contributed by atoms with E-state index in [4.69, 9.17) is 9.15 Å². The molecule has 1 aromatic heterocycles. The first-order valence-electron chi connectivity index (χ1n) is 7.43. The average molecular weight is 314 g/mol. The Balaban J connectivity index is 1.86. The van der Waals surface area contributed by atoms with E-state index in [1.165, 1.54) is 0 Å². The molecule has 0 bridgehead atoms. The number of aryl methyl sites for hydroxylation is 1. The standard InChI is InChI=1S/C14H22N2O4S/c1-11-10-19-9-8-15(11)21(17,18)16-7-3-4-13(16)14-6-5-12(2)20-14/h5-6,11,13H,3-4,7-10H2,1-2H3/t11-,13+/m1/s1. The van der Waals surface area contributed by atoms with Gasteiger partial charge in [0.05, 0.1) is 19.3 Å². The lowest BCUT2D eigenvalue weighted by molar-refractivity contribution is 0.0359. The number of nitrogens with zero attached hydrogens (tertiary/aromatic N) is 2. The van der Waals surface area contributed by atoms with Gasteiger partial charge >= 0.3 is 0 Å². The zero-order valence-electron chi connectivity index (χ0n) is 12.5. The Bertz CT molecular complexity index is 598. The van der Waals surface area contributed by atoms with Crippen molar-refractivity contribution in [3.63, 3.8) is 0 Å². The summed E-state index contributed by atoms with van der Waals surface area (Å²) in [6.07, 6.45) is 1.67. The number of morpholine rings is 1. The van der Waals surface area contributed by atoms with E-state index >= 15 is 0 Å². The van der Waals surface area contributed by atoms with E-state index in [1.807, 2.05) is 26.0 Å². The van der Waals surface area contributed by atoms with E-state index in [9.17, 15) is 8.42 Å². The highest BCUT2D eigenvalue weighted by Gasteiger charge is 2.42. The van der Waals surface area contributed by atoms with Gasteiger partial charge < -0.3 is 9.15 Å². The van der Waals surface area contributed by atoms with E-state index in [2.05, 4.69) is 0 Å². The Labute approximate surface area is 125 Å². The van der Waals surface area contributed by atoms with Crippen molar-refractivity contribution < 1.29 is 17.6 Å². The van der Waals surface area contributed by atoms with Gasteiger partial charge in [0.15, 0.2) is 0 Å². The van der Waals surface area contributed by atoms with Gasteiger partial charge in [0.1, 0.15) is 11.5 Å². The molecule has 0 unspecified atom stereocenters. The van der Waals surface area contributed by atoms with Crippen molar-refractivity contribution in [1.82, 2.24) is 8.61 Å². The third kappa shape index (κ3) is 2.75. The zero-order chi connectivity index (χ0) is 15.0. The molecule has 21 heavy (non-hydrogen) atoms. The van der Waals surface area contributed by atoms with Crippen LogP contribution in [0.5, 0.6) is 0 Å². The molecule has 0 aromatic carbocycles. The molecule has 3 rings (SSSR count). The van der Waals surface area contributed by atoms with Gasteiger partial charge in [0.2, 0.25) is 0 Å². The maximum atomic E-state index is 12.9. The van der Waals surface area contributed by atoms with Gasteiger partial charge in [0.25, 0.3) is 10.2 Å². The molecule has 0 N–H and O–H groups in total. The molecular formula is C14H22N2O4S. The monoisotopic (exact) mass is 314 g/mol. The van der Waals surface area contributed by atoms with Gasteiger partial charge in [-0.1, -0.05) is 0 Å². The summed E-state index contributed by atoms with van der Waals surface area (Å²) in [7, 11) is -3.47. The maximum Gasteiger partial charge on any atom is 0.283 e. The number of hydrogen-bond donors (Lipinski definition) is 0. The predicted octanol–water partition coefficient (Wildman–Crippen LogP) is 1.69. The highest BCUT2D eigenvalue weighted by molar-refractivity contribution is 7.86. The third-order valence-electron chi connectivity index (χ3n) is 4.19. The van der Waals surface area contributed by atoms with Crippen LogP contribution in [0.1, 0.15) is 37.3 Å². The van der Waals surface area contributed by atoms with Crippen molar-refractivity contribution in [2.24, 2.45) is 0 Å². The van der Waals surface area contributed by atoms with Crippen LogP contribution in [0, 0.1) is 6.92 Å². The van der Waals surface area contributed by atoms with Crippen LogP contribution < -0.4 is 0 Å². The first kappa shape index (κ1) is 15.0. The van der Waals surface area contributed by atoms with Crippen LogP contribution in [0.25, 0.3) is 0 Å². The summed E-state index contributed by atoms with van der Waals surface area (Å²) in [6.45, 7) is 5.65. The summed E-state index contributed by atoms with van der Waals surface area (Å²) >= 11 is 0. The molecule has 2 aliphatic rings. The molecule has 1 aromatic rings. The summed E-state index contributed by atoms with van der Waals surface area (Å²) in [4.78, 5) is 0. The quantitative estimate of drug-likeness (QED) is 0.852. The van der Waals surface area contributed by atoms with E-state index in [0.717, 1.165) is 24.4 Å². The molecular weight excluding hydrogens is 292 g/mol. The van der Waals surface area contributed by atoms with Crippen molar-refractivity contribution in [2.75, 3.05) is 26.3 Å². The topological polar surface area (TPSA) is 63.0 Å². The van der Waals surface area contributed by atoms with Crippen LogP contribution in [0.4, 0.5) is 0 Å². The summed E-state index contributed by atoms with van der Waals surface area (Å²) in [5.41, 5.74) is 0. The SMILES string of the molecule is Cc1ccc([C@@H]2CCCN2S(=O)(=O)N2CCOC[C@H]2C)o1. The number of ether oxygens (including phenoxy) is 1. The zero-order valence-corrected chi connectivity index (χ0v) is 13.3. The molecule has 2 fully saturated rings. The van der Waals surface area contributed by atoms with Crippen LogP contribution in [-0.4, -0.2) is 49.4 Å². The molecule has 2 saturated heterocycles. The maximum absolute atomic E-state index is 12.9.